The first-order chi connectivity index (χ1) is 15.0. The van der Waals surface area contributed by atoms with E-state index in [4.69, 9.17) is 19.9 Å². The van der Waals surface area contributed by atoms with E-state index in [2.05, 4.69) is 31.0 Å². The first kappa shape index (κ1) is 22.7. The molecule has 0 aromatic heterocycles. The maximum absolute atomic E-state index is 11.8. The second kappa shape index (κ2) is 10.9. The van der Waals surface area contributed by atoms with Crippen LogP contribution in [-0.2, 0) is 4.79 Å². The van der Waals surface area contributed by atoms with Gasteiger partial charge in [0.15, 0.2) is 16.7 Å². The highest BCUT2D eigenvalue weighted by molar-refractivity contribution is 8.18. The van der Waals surface area contributed by atoms with Crippen LogP contribution in [0.4, 0.5) is 0 Å². The number of thioether (sulfide) groups is 1. The van der Waals surface area contributed by atoms with Gasteiger partial charge in [-0.2, -0.15) is 4.99 Å². The van der Waals surface area contributed by atoms with E-state index in [9.17, 15) is 4.79 Å². The largest absolute Gasteiger partial charge is 0.493 e. The lowest BCUT2D eigenvalue weighted by atomic mass is 9.99. The number of carbonyl (C=O) groups excluding carboxylic acids is 1. The standard InChI is InChI=1S/C24H28N2O4S/c1-4-16(2)18-7-9-19(10-8-18)29-12-5-13-30-20-11-6-17(14-21(20)28-3)15-22-23(27)26-24(25)31-22/h6-11,14-16H,4-5,12-13H2,1-3H3,(H2,25,26,27)/b22-15+/t16-/m1/s1. The van der Waals surface area contributed by atoms with E-state index in [-0.39, 0.29) is 11.1 Å². The van der Waals surface area contributed by atoms with Crippen LogP contribution < -0.4 is 19.9 Å². The molecule has 31 heavy (non-hydrogen) atoms. The lowest BCUT2D eigenvalue weighted by Gasteiger charge is -2.13. The summed E-state index contributed by atoms with van der Waals surface area (Å²) in [4.78, 5) is 15.9. The van der Waals surface area contributed by atoms with E-state index < -0.39 is 0 Å². The first-order valence-corrected chi connectivity index (χ1v) is 11.1. The molecule has 0 unspecified atom stereocenters. The highest BCUT2D eigenvalue weighted by atomic mass is 32.2. The zero-order chi connectivity index (χ0) is 22.2. The molecule has 1 aliphatic heterocycles. The van der Waals surface area contributed by atoms with Crippen molar-refractivity contribution >= 4 is 28.9 Å². The molecule has 7 heteroatoms. The predicted molar refractivity (Wildman–Crippen MR) is 126 cm³/mol. The van der Waals surface area contributed by atoms with Gasteiger partial charge in [0.2, 0.25) is 0 Å². The number of hydrogen-bond acceptors (Lipinski definition) is 6. The van der Waals surface area contributed by atoms with Crippen LogP contribution in [-0.4, -0.2) is 31.4 Å². The topological polar surface area (TPSA) is 83.1 Å². The van der Waals surface area contributed by atoms with Gasteiger partial charge in [-0.1, -0.05) is 32.0 Å². The lowest BCUT2D eigenvalue weighted by molar-refractivity contribution is -0.113. The first-order valence-electron chi connectivity index (χ1n) is 10.3. The summed E-state index contributed by atoms with van der Waals surface area (Å²) in [6.45, 7) is 5.48. The molecule has 3 rings (SSSR count). The highest BCUT2D eigenvalue weighted by Gasteiger charge is 2.19. The Morgan fingerprint density at radius 2 is 1.84 bits per heavy atom. The summed E-state index contributed by atoms with van der Waals surface area (Å²) in [5, 5.41) is 0.261. The molecule has 0 saturated carbocycles. The third-order valence-electron chi connectivity index (χ3n) is 5.00. The van der Waals surface area contributed by atoms with E-state index in [1.807, 2.05) is 30.3 Å². The number of carbonyl (C=O) groups is 1. The van der Waals surface area contributed by atoms with Crippen LogP contribution in [0.3, 0.4) is 0 Å². The van der Waals surface area contributed by atoms with Crippen molar-refractivity contribution in [1.29, 1.82) is 0 Å². The molecule has 1 amide bonds. The number of benzene rings is 2. The minimum Gasteiger partial charge on any atom is -0.493 e. The summed E-state index contributed by atoms with van der Waals surface area (Å²) >= 11 is 1.16. The van der Waals surface area contributed by atoms with Crippen LogP contribution in [0.2, 0.25) is 0 Å². The minimum atomic E-state index is -0.323. The average molecular weight is 441 g/mol. The van der Waals surface area contributed by atoms with Gasteiger partial charge in [0.25, 0.3) is 5.91 Å². The van der Waals surface area contributed by atoms with Crippen molar-refractivity contribution in [1.82, 2.24) is 0 Å². The normalized spacial score (nSPS) is 15.6. The fraction of sp³-hybridized carbons (Fsp3) is 0.333. The summed E-state index contributed by atoms with van der Waals surface area (Å²) in [5.74, 6) is 2.34. The maximum Gasteiger partial charge on any atom is 0.286 e. The number of amidine groups is 1. The average Bonchev–Trinajstić information content (AvgIpc) is 3.10. The Balaban J connectivity index is 1.48. The third-order valence-corrected chi connectivity index (χ3v) is 5.81. The van der Waals surface area contributed by atoms with Gasteiger partial charge in [0, 0.05) is 6.42 Å². The molecule has 6 nitrogen and oxygen atoms in total. The molecule has 1 heterocycles. The zero-order valence-electron chi connectivity index (χ0n) is 18.1. The van der Waals surface area contributed by atoms with Crippen molar-refractivity contribution in [2.75, 3.05) is 20.3 Å². The van der Waals surface area contributed by atoms with Gasteiger partial charge in [0.1, 0.15) is 5.75 Å². The molecule has 0 saturated heterocycles. The molecule has 0 fully saturated rings. The van der Waals surface area contributed by atoms with Gasteiger partial charge in [-0.3, -0.25) is 4.79 Å². The second-order valence-electron chi connectivity index (χ2n) is 7.20. The van der Waals surface area contributed by atoms with E-state index in [0.29, 0.717) is 35.5 Å². The van der Waals surface area contributed by atoms with Crippen molar-refractivity contribution in [2.24, 2.45) is 10.7 Å². The van der Waals surface area contributed by atoms with Crippen molar-refractivity contribution in [3.8, 4) is 17.2 Å². The van der Waals surface area contributed by atoms with E-state index in [0.717, 1.165) is 35.9 Å². The molecule has 0 spiro atoms. The van der Waals surface area contributed by atoms with Gasteiger partial charge < -0.3 is 19.9 Å². The number of nitrogens with two attached hydrogens (primary N) is 1. The van der Waals surface area contributed by atoms with Crippen LogP contribution in [0, 0.1) is 0 Å². The molecule has 0 aliphatic carbocycles. The Bertz CT molecular complexity index is 970. The van der Waals surface area contributed by atoms with Crippen LogP contribution >= 0.6 is 11.8 Å². The third kappa shape index (κ3) is 6.28. The number of rotatable bonds is 10. The van der Waals surface area contributed by atoms with Gasteiger partial charge in [-0.25, -0.2) is 0 Å². The van der Waals surface area contributed by atoms with Crippen molar-refractivity contribution < 1.29 is 19.0 Å². The molecule has 2 N–H and O–H groups in total. The quantitative estimate of drug-likeness (QED) is 0.414. The van der Waals surface area contributed by atoms with Crippen LogP contribution in [0.15, 0.2) is 52.4 Å². The van der Waals surface area contributed by atoms with Gasteiger partial charge in [-0.05, 0) is 65.6 Å². The minimum absolute atomic E-state index is 0.261. The molecular weight excluding hydrogens is 412 g/mol. The van der Waals surface area contributed by atoms with E-state index >= 15 is 0 Å². The number of ether oxygens (including phenoxy) is 3. The number of aliphatic imine (C=N–C) groups is 1. The van der Waals surface area contributed by atoms with Gasteiger partial charge in [-0.15, -0.1) is 0 Å². The van der Waals surface area contributed by atoms with Crippen molar-refractivity contribution in [3.05, 3.63) is 58.5 Å². The Morgan fingerprint density at radius 3 is 2.48 bits per heavy atom. The summed E-state index contributed by atoms with van der Waals surface area (Å²) in [5.41, 5.74) is 7.73. The van der Waals surface area contributed by atoms with E-state index in [1.54, 1.807) is 13.2 Å². The second-order valence-corrected chi connectivity index (χ2v) is 8.27. The Labute approximate surface area is 187 Å². The monoisotopic (exact) mass is 440 g/mol. The zero-order valence-corrected chi connectivity index (χ0v) is 18.9. The molecule has 2 aromatic carbocycles. The SMILES string of the molecule is CC[C@@H](C)c1ccc(OCCCOc2ccc(/C=C3/SC(N)=NC3=O)cc2OC)cc1. The summed E-state index contributed by atoms with van der Waals surface area (Å²) < 4.78 is 17.1. The maximum atomic E-state index is 11.8. The van der Waals surface area contributed by atoms with Crippen LogP contribution in [0.25, 0.3) is 6.08 Å². The number of amides is 1. The lowest BCUT2D eigenvalue weighted by Crippen LogP contribution is -2.06. The summed E-state index contributed by atoms with van der Waals surface area (Å²) in [6, 6.07) is 13.8. The Hall–Kier alpha value is -2.93. The Morgan fingerprint density at radius 1 is 1.10 bits per heavy atom. The number of hydrogen-bond donors (Lipinski definition) is 1. The number of nitrogens with zero attached hydrogens (tertiary/aromatic N) is 1. The molecule has 1 aliphatic rings. The summed E-state index contributed by atoms with van der Waals surface area (Å²) in [7, 11) is 1.59. The molecule has 0 radical (unpaired) electrons. The predicted octanol–water partition coefficient (Wildman–Crippen LogP) is 4.99. The number of methoxy groups -OCH3 is 1. The fourth-order valence-corrected chi connectivity index (χ4v) is 3.71. The van der Waals surface area contributed by atoms with Crippen molar-refractivity contribution in [3.63, 3.8) is 0 Å². The van der Waals surface area contributed by atoms with Crippen molar-refractivity contribution in [2.45, 2.75) is 32.6 Å². The Kier molecular flexibility index (Phi) is 8.00. The smallest absolute Gasteiger partial charge is 0.286 e. The fourth-order valence-electron chi connectivity index (χ4n) is 3.03. The molecule has 1 atom stereocenters. The van der Waals surface area contributed by atoms with E-state index in [1.165, 1.54) is 5.56 Å². The van der Waals surface area contributed by atoms with Crippen LogP contribution in [0.5, 0.6) is 17.2 Å². The van der Waals surface area contributed by atoms with Gasteiger partial charge in [0.05, 0.1) is 25.2 Å². The molecule has 2 aromatic rings. The van der Waals surface area contributed by atoms with Gasteiger partial charge >= 0.3 is 0 Å². The molecule has 0 bridgehead atoms. The molecule has 164 valence electrons. The molecular formula is C24H28N2O4S. The highest BCUT2D eigenvalue weighted by Crippen LogP contribution is 2.32. The van der Waals surface area contributed by atoms with Crippen LogP contribution in [0.1, 0.15) is 43.7 Å². The summed E-state index contributed by atoms with van der Waals surface area (Å²) in [6.07, 6.45) is 3.60.